The smallest absolute Gasteiger partial charge is 0.320 e. The van der Waals surface area contributed by atoms with Gasteiger partial charge in [-0.25, -0.2) is 0 Å². The van der Waals surface area contributed by atoms with Crippen LogP contribution in [-0.2, 0) is 14.4 Å². The second-order valence-electron chi connectivity index (χ2n) is 4.30. The van der Waals surface area contributed by atoms with Gasteiger partial charge in [0, 0.05) is 20.0 Å². The van der Waals surface area contributed by atoms with Crippen molar-refractivity contribution in [2.45, 2.75) is 25.8 Å². The Kier molecular flexibility index (Phi) is 5.57. The zero-order valence-corrected chi connectivity index (χ0v) is 10.4. The number of carboxylic acid groups (broad SMARTS) is 1. The minimum atomic E-state index is -0.876. The second-order valence-corrected chi connectivity index (χ2v) is 4.30. The van der Waals surface area contributed by atoms with E-state index in [-0.39, 0.29) is 18.4 Å². The molecule has 0 spiro atoms. The van der Waals surface area contributed by atoms with Crippen LogP contribution in [0.5, 0.6) is 0 Å². The molecule has 0 radical (unpaired) electrons. The summed E-state index contributed by atoms with van der Waals surface area (Å²) >= 11 is 0. The summed E-state index contributed by atoms with van der Waals surface area (Å²) in [4.78, 5) is 34.7. The number of hydrogen-bond acceptors (Lipinski definition) is 4. The average molecular weight is 257 g/mol. The quantitative estimate of drug-likeness (QED) is 0.518. The maximum Gasteiger partial charge on any atom is 0.320 e. The Balaban J connectivity index is 2.23. The monoisotopic (exact) mass is 257 g/mol. The van der Waals surface area contributed by atoms with Crippen molar-refractivity contribution in [2.75, 3.05) is 26.2 Å². The fourth-order valence-corrected chi connectivity index (χ4v) is 1.98. The van der Waals surface area contributed by atoms with E-state index in [1.807, 2.05) is 0 Å². The number of aliphatic carboxylic acids is 1. The molecule has 3 N–H and O–H groups in total. The molecule has 1 saturated heterocycles. The van der Waals surface area contributed by atoms with Gasteiger partial charge in [-0.15, -0.1) is 0 Å². The summed E-state index contributed by atoms with van der Waals surface area (Å²) in [6, 6.07) is -0.550. The van der Waals surface area contributed by atoms with Crippen LogP contribution in [0, 0.1) is 0 Å². The van der Waals surface area contributed by atoms with Crippen molar-refractivity contribution >= 4 is 17.8 Å². The molecule has 1 rings (SSSR count). The molecule has 0 bridgehead atoms. The molecule has 2 amide bonds. The number of nitrogens with zero attached hydrogens (tertiary/aromatic N) is 1. The average Bonchev–Trinajstić information content (AvgIpc) is 2.72. The van der Waals surface area contributed by atoms with Crippen molar-refractivity contribution < 1.29 is 19.5 Å². The van der Waals surface area contributed by atoms with Crippen molar-refractivity contribution in [1.82, 2.24) is 15.5 Å². The molecule has 1 atom stereocenters. The van der Waals surface area contributed by atoms with Crippen molar-refractivity contribution in [1.29, 1.82) is 0 Å². The Morgan fingerprint density at radius 3 is 2.56 bits per heavy atom. The van der Waals surface area contributed by atoms with E-state index in [2.05, 4.69) is 10.6 Å². The van der Waals surface area contributed by atoms with E-state index in [4.69, 9.17) is 5.11 Å². The van der Waals surface area contributed by atoms with Crippen LogP contribution in [0.2, 0.25) is 0 Å². The van der Waals surface area contributed by atoms with E-state index in [9.17, 15) is 14.4 Å². The van der Waals surface area contributed by atoms with Gasteiger partial charge in [0.25, 0.3) is 0 Å². The predicted octanol–water partition coefficient (Wildman–Crippen LogP) is -1.21. The van der Waals surface area contributed by atoms with Crippen LogP contribution in [0.4, 0.5) is 0 Å². The molecule has 7 heteroatoms. The lowest BCUT2D eigenvalue weighted by atomic mass is 10.2. The Morgan fingerprint density at radius 2 is 1.94 bits per heavy atom. The number of hydrogen-bond donors (Lipinski definition) is 3. The minimum absolute atomic E-state index is 0.0943. The highest BCUT2D eigenvalue weighted by molar-refractivity contribution is 5.80. The number of likely N-dealkylation sites (tertiary alicyclic amines) is 1. The number of nitrogens with one attached hydrogen (secondary N) is 2. The maximum atomic E-state index is 11.6. The first-order valence-electron chi connectivity index (χ1n) is 5.98. The van der Waals surface area contributed by atoms with Crippen molar-refractivity contribution in [2.24, 2.45) is 0 Å². The Labute approximate surface area is 106 Å². The van der Waals surface area contributed by atoms with Crippen LogP contribution >= 0.6 is 0 Å². The summed E-state index contributed by atoms with van der Waals surface area (Å²) in [6.07, 6.45) is 1.39. The van der Waals surface area contributed by atoms with Crippen molar-refractivity contribution in [3.05, 3.63) is 0 Å². The van der Waals surface area contributed by atoms with E-state index < -0.39 is 12.0 Å². The fourth-order valence-electron chi connectivity index (χ4n) is 1.98. The van der Waals surface area contributed by atoms with Crippen LogP contribution in [-0.4, -0.2) is 60.0 Å². The van der Waals surface area contributed by atoms with E-state index in [0.717, 1.165) is 6.42 Å². The highest BCUT2D eigenvalue weighted by atomic mass is 16.4. The first kappa shape index (κ1) is 14.4. The SMILES string of the molecule is CC(=O)NCCNC(=O)CN1CCCC1C(=O)O. The molecular weight excluding hydrogens is 238 g/mol. The van der Waals surface area contributed by atoms with Gasteiger partial charge in [0.2, 0.25) is 11.8 Å². The molecule has 1 aliphatic heterocycles. The number of rotatable bonds is 6. The zero-order valence-electron chi connectivity index (χ0n) is 10.4. The molecule has 1 unspecified atom stereocenters. The Hall–Kier alpha value is -1.63. The molecule has 1 fully saturated rings. The lowest BCUT2D eigenvalue weighted by Crippen LogP contribution is -2.44. The van der Waals surface area contributed by atoms with Gasteiger partial charge in [-0.2, -0.15) is 0 Å². The third kappa shape index (κ3) is 4.70. The number of carbonyl (C=O) groups excluding carboxylic acids is 2. The van der Waals surface area contributed by atoms with Crippen molar-refractivity contribution in [3.8, 4) is 0 Å². The van der Waals surface area contributed by atoms with Crippen LogP contribution < -0.4 is 10.6 Å². The van der Waals surface area contributed by atoms with Gasteiger partial charge in [0.15, 0.2) is 0 Å². The second kappa shape index (κ2) is 6.95. The molecule has 0 saturated carbocycles. The zero-order chi connectivity index (χ0) is 13.5. The van der Waals surface area contributed by atoms with E-state index in [1.54, 1.807) is 4.90 Å². The Morgan fingerprint density at radius 1 is 1.28 bits per heavy atom. The normalized spacial score (nSPS) is 19.5. The Bertz CT molecular complexity index is 332. The van der Waals surface area contributed by atoms with Gasteiger partial charge in [0.05, 0.1) is 6.54 Å². The lowest BCUT2D eigenvalue weighted by Gasteiger charge is -2.20. The van der Waals surface area contributed by atoms with E-state index in [0.29, 0.717) is 26.1 Å². The summed E-state index contributed by atoms with van der Waals surface area (Å²) in [5.74, 6) is -1.23. The van der Waals surface area contributed by atoms with E-state index >= 15 is 0 Å². The van der Waals surface area contributed by atoms with Gasteiger partial charge in [-0.05, 0) is 19.4 Å². The molecule has 18 heavy (non-hydrogen) atoms. The molecule has 0 aromatic rings. The van der Waals surface area contributed by atoms with Gasteiger partial charge >= 0.3 is 5.97 Å². The van der Waals surface area contributed by atoms with E-state index in [1.165, 1.54) is 6.92 Å². The van der Waals surface area contributed by atoms with Crippen LogP contribution in [0.1, 0.15) is 19.8 Å². The van der Waals surface area contributed by atoms with Crippen LogP contribution in [0.3, 0.4) is 0 Å². The standard InChI is InChI=1S/C11H19N3O4/c1-8(15)12-4-5-13-10(16)7-14-6-2-3-9(14)11(17)18/h9H,2-7H2,1H3,(H,12,15)(H,13,16)(H,17,18). The first-order chi connectivity index (χ1) is 8.50. The molecule has 7 nitrogen and oxygen atoms in total. The summed E-state index contributed by atoms with van der Waals surface area (Å²) in [7, 11) is 0. The predicted molar refractivity (Wildman–Crippen MR) is 63.9 cm³/mol. The van der Waals surface area contributed by atoms with Gasteiger partial charge < -0.3 is 15.7 Å². The fraction of sp³-hybridized carbons (Fsp3) is 0.727. The third-order valence-electron chi connectivity index (χ3n) is 2.82. The summed E-state index contributed by atoms with van der Waals surface area (Å²) in [6.45, 7) is 2.87. The summed E-state index contributed by atoms with van der Waals surface area (Å²) in [5, 5.41) is 14.1. The number of carboxylic acids is 1. The number of amides is 2. The molecule has 102 valence electrons. The van der Waals surface area contributed by atoms with Crippen molar-refractivity contribution in [3.63, 3.8) is 0 Å². The van der Waals surface area contributed by atoms with Gasteiger partial charge in [-0.1, -0.05) is 0 Å². The third-order valence-corrected chi connectivity index (χ3v) is 2.82. The summed E-state index contributed by atoms with van der Waals surface area (Å²) in [5.41, 5.74) is 0. The largest absolute Gasteiger partial charge is 0.480 e. The summed E-state index contributed by atoms with van der Waals surface area (Å²) < 4.78 is 0. The lowest BCUT2D eigenvalue weighted by molar-refractivity contribution is -0.142. The van der Waals surface area contributed by atoms with Crippen LogP contribution in [0.15, 0.2) is 0 Å². The number of carbonyl (C=O) groups is 3. The van der Waals surface area contributed by atoms with Gasteiger partial charge in [0.1, 0.15) is 6.04 Å². The maximum absolute atomic E-state index is 11.6. The topological polar surface area (TPSA) is 98.7 Å². The minimum Gasteiger partial charge on any atom is -0.480 e. The molecule has 0 aromatic heterocycles. The molecule has 1 heterocycles. The highest BCUT2D eigenvalue weighted by Crippen LogP contribution is 2.16. The van der Waals surface area contributed by atoms with Gasteiger partial charge in [-0.3, -0.25) is 19.3 Å². The molecule has 0 aromatic carbocycles. The molecular formula is C11H19N3O4. The molecule has 1 aliphatic rings. The molecule has 0 aliphatic carbocycles. The van der Waals surface area contributed by atoms with Crippen LogP contribution in [0.25, 0.3) is 0 Å². The highest BCUT2D eigenvalue weighted by Gasteiger charge is 2.31. The first-order valence-corrected chi connectivity index (χ1v) is 5.98.